The summed E-state index contributed by atoms with van der Waals surface area (Å²) in [6.45, 7) is 0.365. The van der Waals surface area contributed by atoms with Gasteiger partial charge in [0.25, 0.3) is 0 Å². The van der Waals surface area contributed by atoms with Gasteiger partial charge in [-0.05, 0) is 25.2 Å². The minimum atomic E-state index is -3.37. The highest BCUT2D eigenvalue weighted by Gasteiger charge is 2.38. The number of rotatable bonds is 5. The number of carboxylic acids is 1. The molecule has 0 aromatic rings. The van der Waals surface area contributed by atoms with Crippen molar-refractivity contribution < 1.29 is 18.3 Å². The van der Waals surface area contributed by atoms with E-state index in [1.165, 1.54) is 10.7 Å². The van der Waals surface area contributed by atoms with Crippen LogP contribution >= 0.6 is 0 Å². The molecule has 0 amide bonds. The van der Waals surface area contributed by atoms with Gasteiger partial charge >= 0.3 is 5.97 Å². The second kappa shape index (κ2) is 4.94. The molecule has 98 valence electrons. The molecule has 0 unspecified atom stereocenters. The molecule has 0 spiro atoms. The van der Waals surface area contributed by atoms with Gasteiger partial charge in [0.15, 0.2) is 0 Å². The van der Waals surface area contributed by atoms with E-state index in [2.05, 4.69) is 0 Å². The first-order chi connectivity index (χ1) is 8.00. The van der Waals surface area contributed by atoms with Crippen molar-refractivity contribution in [3.8, 4) is 0 Å². The quantitative estimate of drug-likeness (QED) is 0.803. The van der Waals surface area contributed by atoms with Crippen LogP contribution in [0.2, 0.25) is 0 Å². The standard InChI is InChI=1S/C11H19NO4S/c13-11(14)10-5-2-7-12(10)17(15,16)8-6-9-3-1-4-9/h9-10H,1-8H2,(H,13,14)/t10-/m0/s1. The van der Waals surface area contributed by atoms with Gasteiger partial charge in [0, 0.05) is 6.54 Å². The zero-order valence-electron chi connectivity index (χ0n) is 9.84. The maximum absolute atomic E-state index is 12.1. The van der Waals surface area contributed by atoms with E-state index in [1.807, 2.05) is 0 Å². The number of hydrogen-bond donors (Lipinski definition) is 1. The number of hydrogen-bond acceptors (Lipinski definition) is 3. The summed E-state index contributed by atoms with van der Waals surface area (Å²) >= 11 is 0. The monoisotopic (exact) mass is 261 g/mol. The van der Waals surface area contributed by atoms with Gasteiger partial charge in [0.1, 0.15) is 6.04 Å². The Morgan fingerprint density at radius 2 is 1.94 bits per heavy atom. The van der Waals surface area contributed by atoms with Crippen molar-refractivity contribution in [1.82, 2.24) is 4.31 Å². The minimum absolute atomic E-state index is 0.113. The molecular formula is C11H19NO4S. The van der Waals surface area contributed by atoms with E-state index in [-0.39, 0.29) is 5.75 Å². The van der Waals surface area contributed by atoms with Gasteiger partial charge < -0.3 is 5.11 Å². The summed E-state index contributed by atoms with van der Waals surface area (Å²) in [5.41, 5.74) is 0. The summed E-state index contributed by atoms with van der Waals surface area (Å²) in [6.07, 6.45) is 5.23. The molecule has 2 fully saturated rings. The first kappa shape index (κ1) is 12.8. The predicted molar refractivity (Wildman–Crippen MR) is 63.1 cm³/mol. The summed E-state index contributed by atoms with van der Waals surface area (Å²) in [5, 5.41) is 8.98. The van der Waals surface area contributed by atoms with Crippen LogP contribution in [0.1, 0.15) is 38.5 Å². The Morgan fingerprint density at radius 3 is 2.47 bits per heavy atom. The lowest BCUT2D eigenvalue weighted by molar-refractivity contribution is -0.140. The number of carbonyl (C=O) groups is 1. The van der Waals surface area contributed by atoms with Crippen LogP contribution in [0.25, 0.3) is 0 Å². The highest BCUT2D eigenvalue weighted by molar-refractivity contribution is 7.89. The minimum Gasteiger partial charge on any atom is -0.480 e. The third-order valence-electron chi connectivity index (χ3n) is 3.85. The van der Waals surface area contributed by atoms with Crippen LogP contribution < -0.4 is 0 Å². The third-order valence-corrected chi connectivity index (χ3v) is 5.76. The number of nitrogens with zero attached hydrogens (tertiary/aromatic N) is 1. The molecule has 1 saturated heterocycles. The van der Waals surface area contributed by atoms with E-state index in [0.717, 1.165) is 12.8 Å². The molecular weight excluding hydrogens is 242 g/mol. The normalized spacial score (nSPS) is 26.9. The van der Waals surface area contributed by atoms with Gasteiger partial charge in [0.2, 0.25) is 10.0 Å². The highest BCUT2D eigenvalue weighted by atomic mass is 32.2. The maximum Gasteiger partial charge on any atom is 0.322 e. The Morgan fingerprint density at radius 1 is 1.24 bits per heavy atom. The molecule has 2 aliphatic rings. The molecule has 1 aliphatic carbocycles. The molecule has 5 nitrogen and oxygen atoms in total. The second-order valence-electron chi connectivity index (χ2n) is 5.01. The van der Waals surface area contributed by atoms with E-state index in [0.29, 0.717) is 31.7 Å². The van der Waals surface area contributed by atoms with Crippen LogP contribution in [-0.4, -0.2) is 42.1 Å². The lowest BCUT2D eigenvalue weighted by Crippen LogP contribution is -2.41. The van der Waals surface area contributed by atoms with Gasteiger partial charge in [0.05, 0.1) is 5.75 Å². The molecule has 0 aromatic carbocycles. The average Bonchev–Trinajstić information content (AvgIpc) is 2.63. The fourth-order valence-corrected chi connectivity index (χ4v) is 4.39. The van der Waals surface area contributed by atoms with Gasteiger partial charge in [-0.2, -0.15) is 4.31 Å². The van der Waals surface area contributed by atoms with E-state index in [9.17, 15) is 13.2 Å². The largest absolute Gasteiger partial charge is 0.480 e. The van der Waals surface area contributed by atoms with Gasteiger partial charge in [-0.3, -0.25) is 4.79 Å². The molecule has 2 rings (SSSR count). The molecule has 0 bridgehead atoms. The predicted octanol–water partition coefficient (Wildman–Crippen LogP) is 1.06. The van der Waals surface area contributed by atoms with E-state index in [4.69, 9.17) is 5.11 Å². The number of carboxylic acid groups (broad SMARTS) is 1. The van der Waals surface area contributed by atoms with Crippen molar-refractivity contribution in [3.05, 3.63) is 0 Å². The summed E-state index contributed by atoms with van der Waals surface area (Å²) < 4.78 is 25.3. The Bertz CT molecular complexity index is 388. The molecule has 1 atom stereocenters. The van der Waals surface area contributed by atoms with Gasteiger partial charge in [-0.1, -0.05) is 19.3 Å². The fourth-order valence-electron chi connectivity index (χ4n) is 2.53. The zero-order chi connectivity index (χ0) is 12.5. The van der Waals surface area contributed by atoms with Crippen LogP contribution in [0.5, 0.6) is 0 Å². The Balaban J connectivity index is 1.95. The SMILES string of the molecule is O=C(O)[C@@H]1CCCN1S(=O)(=O)CCC1CCC1. The summed E-state index contributed by atoms with van der Waals surface area (Å²) in [7, 11) is -3.37. The first-order valence-corrected chi connectivity index (χ1v) is 7.84. The molecule has 1 aliphatic heterocycles. The molecule has 0 aromatic heterocycles. The fraction of sp³-hybridized carbons (Fsp3) is 0.909. The second-order valence-corrected chi connectivity index (χ2v) is 7.05. The molecule has 6 heteroatoms. The lowest BCUT2D eigenvalue weighted by atomic mass is 9.84. The molecule has 0 radical (unpaired) electrons. The van der Waals surface area contributed by atoms with Crippen molar-refractivity contribution in [3.63, 3.8) is 0 Å². The Labute approximate surface area is 102 Å². The van der Waals surface area contributed by atoms with Crippen LogP contribution in [0.3, 0.4) is 0 Å². The Hall–Kier alpha value is -0.620. The molecule has 17 heavy (non-hydrogen) atoms. The average molecular weight is 261 g/mol. The van der Waals surface area contributed by atoms with Crippen LogP contribution in [0.4, 0.5) is 0 Å². The molecule has 1 saturated carbocycles. The maximum atomic E-state index is 12.1. The Kier molecular flexibility index (Phi) is 3.73. The van der Waals surface area contributed by atoms with Gasteiger partial charge in [-0.25, -0.2) is 8.42 Å². The first-order valence-electron chi connectivity index (χ1n) is 6.23. The van der Waals surface area contributed by atoms with Gasteiger partial charge in [-0.15, -0.1) is 0 Å². The number of sulfonamides is 1. The van der Waals surface area contributed by atoms with Crippen molar-refractivity contribution in [1.29, 1.82) is 0 Å². The topological polar surface area (TPSA) is 74.7 Å². The smallest absolute Gasteiger partial charge is 0.322 e. The van der Waals surface area contributed by atoms with E-state index >= 15 is 0 Å². The van der Waals surface area contributed by atoms with Crippen molar-refractivity contribution in [2.24, 2.45) is 5.92 Å². The van der Waals surface area contributed by atoms with Crippen molar-refractivity contribution in [2.75, 3.05) is 12.3 Å². The van der Waals surface area contributed by atoms with Crippen LogP contribution in [0, 0.1) is 5.92 Å². The van der Waals surface area contributed by atoms with Crippen molar-refractivity contribution >= 4 is 16.0 Å². The van der Waals surface area contributed by atoms with E-state index < -0.39 is 22.0 Å². The van der Waals surface area contributed by atoms with Crippen molar-refractivity contribution in [2.45, 2.75) is 44.6 Å². The summed E-state index contributed by atoms with van der Waals surface area (Å²) in [6, 6.07) is -0.832. The van der Waals surface area contributed by atoms with E-state index in [1.54, 1.807) is 0 Å². The van der Waals surface area contributed by atoms with Crippen LogP contribution in [-0.2, 0) is 14.8 Å². The van der Waals surface area contributed by atoms with Crippen LogP contribution in [0.15, 0.2) is 0 Å². The lowest BCUT2D eigenvalue weighted by Gasteiger charge is -2.27. The summed E-state index contributed by atoms with van der Waals surface area (Å²) in [4.78, 5) is 11.0. The summed E-state index contributed by atoms with van der Waals surface area (Å²) in [5.74, 6) is -0.369. The molecule has 1 heterocycles. The highest BCUT2D eigenvalue weighted by Crippen LogP contribution is 2.31. The third kappa shape index (κ3) is 2.80. The molecule has 1 N–H and O–H groups in total. The number of aliphatic carboxylic acids is 1. The zero-order valence-corrected chi connectivity index (χ0v) is 10.7.